The van der Waals surface area contributed by atoms with Crippen LogP contribution in [0.3, 0.4) is 0 Å². The van der Waals surface area contributed by atoms with Crippen LogP contribution in [0.15, 0.2) is 0 Å². The fourth-order valence-electron chi connectivity index (χ4n) is 0.192. The van der Waals surface area contributed by atoms with Crippen molar-refractivity contribution in [1.29, 1.82) is 0 Å². The van der Waals surface area contributed by atoms with Crippen molar-refractivity contribution in [3.8, 4) is 0 Å². The smallest absolute Gasteiger partial charge is 0.122 e. The molecule has 0 radical (unpaired) electrons. The van der Waals surface area contributed by atoms with Crippen LogP contribution in [-0.2, 0) is 9.93 Å². The van der Waals surface area contributed by atoms with Crippen molar-refractivity contribution in [2.24, 2.45) is 0 Å². The van der Waals surface area contributed by atoms with E-state index in [0.717, 1.165) is 11.6 Å². The minimum absolute atomic E-state index is 0.508. The van der Waals surface area contributed by atoms with Gasteiger partial charge in [0.05, 0.1) is 26.6 Å². The minimum atomic E-state index is 0.508. The highest BCUT2D eigenvalue weighted by Crippen LogP contribution is 2.07. The van der Waals surface area contributed by atoms with Gasteiger partial charge in [0.1, 0.15) is 12.0 Å². The van der Waals surface area contributed by atoms with Crippen LogP contribution in [0.25, 0.3) is 0 Å². The van der Waals surface area contributed by atoms with Crippen LogP contribution >= 0.6 is 22.4 Å². The molecule has 0 N–H and O–H groups in total. The molecule has 0 aliphatic heterocycles. The summed E-state index contributed by atoms with van der Waals surface area (Å²) < 4.78 is 0. The number of halogens is 1. The van der Waals surface area contributed by atoms with E-state index in [2.05, 4.69) is 12.5 Å². The largest absolute Gasteiger partial charge is 0.133 e. The molecule has 7 heavy (non-hydrogen) atoms. The zero-order valence-corrected chi connectivity index (χ0v) is 7.00. The van der Waals surface area contributed by atoms with E-state index < -0.39 is 0 Å². The highest BCUT2D eigenvalue weighted by Gasteiger charge is 2.05. The third-order valence-electron chi connectivity index (χ3n) is 0.649. The van der Waals surface area contributed by atoms with Gasteiger partial charge in [-0.25, -0.2) is 0 Å². The quantitative estimate of drug-likeness (QED) is 0.342. The Hall–Kier alpha value is 0.990. The Labute approximate surface area is 56.8 Å². The molecule has 0 amide bonds. The second-order valence-corrected chi connectivity index (χ2v) is 6.11. The lowest BCUT2D eigenvalue weighted by Crippen LogP contribution is -1.98. The first-order valence-corrected chi connectivity index (χ1v) is 6.12. The summed E-state index contributed by atoms with van der Waals surface area (Å²) in [5.41, 5.74) is 0. The lowest BCUT2D eigenvalue weighted by Gasteiger charge is -1.89. The van der Waals surface area contributed by atoms with Crippen molar-refractivity contribution in [3.05, 3.63) is 0 Å². The Bertz CT molecular complexity index is 40.7. The zero-order chi connectivity index (χ0) is 5.70. The minimum Gasteiger partial charge on any atom is -0.122 e. The summed E-state index contributed by atoms with van der Waals surface area (Å²) in [5, 5.41) is 0. The molecule has 0 saturated carbocycles. The van der Waals surface area contributed by atoms with Crippen molar-refractivity contribution < 1.29 is 0 Å². The highest BCUT2D eigenvalue weighted by molar-refractivity contribution is 8.73. The van der Waals surface area contributed by atoms with Crippen LogP contribution in [0.4, 0.5) is 0 Å². The maximum Gasteiger partial charge on any atom is 0.133 e. The van der Waals surface area contributed by atoms with Crippen molar-refractivity contribution in [2.75, 3.05) is 24.1 Å². The van der Waals surface area contributed by atoms with Gasteiger partial charge in [0.15, 0.2) is 0 Å². The predicted molar refractivity (Wildman–Crippen MR) is 42.4 cm³/mol. The molecule has 44 valence electrons. The molecule has 0 aliphatic carbocycles. The average Bonchev–Trinajstić information content (AvgIpc) is 1.68. The highest BCUT2D eigenvalue weighted by atomic mass is 35.5. The normalized spacial score (nSPS) is 14.1. The third kappa shape index (κ3) is 4.85. The molecule has 0 spiro atoms. The maximum absolute atomic E-state index is 5.47. The number of hydrogen-bond acceptors (Lipinski definition) is 1. The first kappa shape index (κ1) is 7.99. The van der Waals surface area contributed by atoms with E-state index in [1.165, 1.54) is 0 Å². The lowest BCUT2D eigenvalue weighted by atomic mass is 11.0. The summed E-state index contributed by atoms with van der Waals surface area (Å²) in [4.78, 5) is 0. The predicted octanol–water partition coefficient (Wildman–Crippen LogP) is 1.75. The van der Waals surface area contributed by atoms with Crippen LogP contribution in [0.5, 0.6) is 0 Å². The van der Waals surface area contributed by atoms with Gasteiger partial charge in [0.25, 0.3) is 0 Å². The summed E-state index contributed by atoms with van der Waals surface area (Å²) in [6, 6.07) is 0. The molecule has 0 rings (SSSR count). The van der Waals surface area contributed by atoms with Gasteiger partial charge in [-0.2, -0.15) is 0 Å². The van der Waals surface area contributed by atoms with Crippen LogP contribution in [0.2, 0.25) is 0 Å². The molecule has 3 heteroatoms. The van der Waals surface area contributed by atoms with E-state index in [0.29, 0.717) is 9.93 Å². The molecule has 1 atom stereocenters. The Balaban J connectivity index is 2.83. The van der Waals surface area contributed by atoms with E-state index in [9.17, 15) is 0 Å². The third-order valence-corrected chi connectivity index (χ3v) is 4.62. The molecular weight excluding hydrogens is 148 g/mol. The SMILES string of the molecule is CS[S+](C)CCCl. The fraction of sp³-hybridized carbons (Fsp3) is 1.00. The second kappa shape index (κ2) is 5.13. The van der Waals surface area contributed by atoms with Gasteiger partial charge >= 0.3 is 0 Å². The fourth-order valence-corrected chi connectivity index (χ4v) is 2.29. The van der Waals surface area contributed by atoms with Gasteiger partial charge in [-0.05, 0) is 0 Å². The Morgan fingerprint density at radius 2 is 2.29 bits per heavy atom. The van der Waals surface area contributed by atoms with Gasteiger partial charge in [-0.15, -0.1) is 11.6 Å². The lowest BCUT2D eigenvalue weighted by molar-refractivity contribution is 1.53. The van der Waals surface area contributed by atoms with Crippen LogP contribution in [-0.4, -0.2) is 24.1 Å². The molecule has 0 aliphatic rings. The van der Waals surface area contributed by atoms with E-state index in [4.69, 9.17) is 11.6 Å². The number of hydrogen-bond donors (Lipinski definition) is 0. The van der Waals surface area contributed by atoms with Gasteiger partial charge in [-0.3, -0.25) is 0 Å². The van der Waals surface area contributed by atoms with Gasteiger partial charge in [-0.1, -0.05) is 0 Å². The topological polar surface area (TPSA) is 0 Å². The van der Waals surface area contributed by atoms with E-state index in [1.54, 1.807) is 0 Å². The van der Waals surface area contributed by atoms with Crippen molar-refractivity contribution in [1.82, 2.24) is 0 Å². The summed E-state index contributed by atoms with van der Waals surface area (Å²) in [6.45, 7) is 0. The maximum atomic E-state index is 5.47. The first-order chi connectivity index (χ1) is 3.31. The average molecular weight is 158 g/mol. The van der Waals surface area contributed by atoms with Crippen molar-refractivity contribution in [2.45, 2.75) is 0 Å². The van der Waals surface area contributed by atoms with E-state index >= 15 is 0 Å². The molecule has 0 aromatic rings. The van der Waals surface area contributed by atoms with Crippen molar-refractivity contribution in [3.63, 3.8) is 0 Å². The summed E-state index contributed by atoms with van der Waals surface area (Å²) >= 11 is 5.47. The van der Waals surface area contributed by atoms with Gasteiger partial charge < -0.3 is 0 Å². The second-order valence-electron chi connectivity index (χ2n) is 1.13. The molecule has 0 aromatic carbocycles. The summed E-state index contributed by atoms with van der Waals surface area (Å²) in [7, 11) is 2.40. The van der Waals surface area contributed by atoms with E-state index in [-0.39, 0.29) is 0 Å². The molecule has 0 aromatic heterocycles. The standard InChI is InChI=1S/C4H10ClS2/c1-6-7(2)4-3-5/h3-4H2,1-2H3/q+1. The van der Waals surface area contributed by atoms with Crippen LogP contribution in [0, 0.1) is 0 Å². The van der Waals surface area contributed by atoms with Gasteiger partial charge in [0.2, 0.25) is 0 Å². The molecule has 0 bridgehead atoms. The molecule has 0 fully saturated rings. The first-order valence-electron chi connectivity index (χ1n) is 2.04. The van der Waals surface area contributed by atoms with Crippen molar-refractivity contribution >= 4 is 32.3 Å². The molecule has 0 saturated heterocycles. The number of rotatable bonds is 3. The Morgan fingerprint density at radius 1 is 1.71 bits per heavy atom. The molecular formula is C4H10ClS2+. The Kier molecular flexibility index (Phi) is 5.86. The monoisotopic (exact) mass is 157 g/mol. The summed E-state index contributed by atoms with van der Waals surface area (Å²) in [5.74, 6) is 1.96. The number of alkyl halides is 1. The van der Waals surface area contributed by atoms with Crippen LogP contribution < -0.4 is 0 Å². The summed E-state index contributed by atoms with van der Waals surface area (Å²) in [6.07, 6.45) is 4.34. The van der Waals surface area contributed by atoms with Crippen LogP contribution in [0.1, 0.15) is 0 Å². The Morgan fingerprint density at radius 3 is 2.43 bits per heavy atom. The van der Waals surface area contributed by atoms with E-state index in [1.807, 2.05) is 10.8 Å². The van der Waals surface area contributed by atoms with Gasteiger partial charge in [0, 0.05) is 6.26 Å². The molecule has 1 unspecified atom stereocenters. The molecule has 0 heterocycles. The zero-order valence-electron chi connectivity index (χ0n) is 4.61. The molecule has 0 nitrogen and oxygen atoms in total.